The minimum absolute atomic E-state index is 0.499. The van der Waals surface area contributed by atoms with E-state index in [0.29, 0.717) is 25.6 Å². The molecular weight excluding hydrogens is 276 g/mol. The predicted molar refractivity (Wildman–Crippen MR) is 80.4 cm³/mol. The SMILES string of the molecule is COCCOc1ccc(NCc2cccc(Cl)c2)cn1. The molecule has 0 aliphatic heterocycles. The van der Waals surface area contributed by atoms with Gasteiger partial charge in [-0.1, -0.05) is 23.7 Å². The molecule has 1 heterocycles. The molecule has 0 unspecified atom stereocenters. The van der Waals surface area contributed by atoms with Crippen molar-refractivity contribution < 1.29 is 9.47 Å². The van der Waals surface area contributed by atoms with Crippen molar-refractivity contribution in [2.75, 3.05) is 25.6 Å². The van der Waals surface area contributed by atoms with Gasteiger partial charge < -0.3 is 14.8 Å². The zero-order valence-corrected chi connectivity index (χ0v) is 12.1. The van der Waals surface area contributed by atoms with Gasteiger partial charge in [0.15, 0.2) is 0 Å². The average molecular weight is 293 g/mol. The molecule has 0 bridgehead atoms. The van der Waals surface area contributed by atoms with Crippen molar-refractivity contribution >= 4 is 17.3 Å². The van der Waals surface area contributed by atoms with Gasteiger partial charge in [0.1, 0.15) is 6.61 Å². The van der Waals surface area contributed by atoms with Crippen LogP contribution in [-0.4, -0.2) is 25.3 Å². The lowest BCUT2D eigenvalue weighted by Gasteiger charge is -2.08. The second-order valence-corrected chi connectivity index (χ2v) is 4.65. The van der Waals surface area contributed by atoms with E-state index in [2.05, 4.69) is 10.3 Å². The summed E-state index contributed by atoms with van der Waals surface area (Å²) in [5.41, 5.74) is 2.06. The molecule has 1 aromatic carbocycles. The van der Waals surface area contributed by atoms with Gasteiger partial charge in [0.2, 0.25) is 5.88 Å². The number of aromatic nitrogens is 1. The topological polar surface area (TPSA) is 43.4 Å². The van der Waals surface area contributed by atoms with Crippen molar-refractivity contribution in [2.24, 2.45) is 0 Å². The minimum Gasteiger partial charge on any atom is -0.475 e. The summed E-state index contributed by atoms with van der Waals surface area (Å²) in [6.45, 7) is 1.75. The second-order valence-electron chi connectivity index (χ2n) is 4.21. The van der Waals surface area contributed by atoms with Gasteiger partial charge in [-0.3, -0.25) is 0 Å². The fourth-order valence-corrected chi connectivity index (χ4v) is 1.86. The van der Waals surface area contributed by atoms with E-state index in [9.17, 15) is 0 Å². The highest BCUT2D eigenvalue weighted by atomic mass is 35.5. The van der Waals surface area contributed by atoms with Crippen molar-refractivity contribution in [3.05, 3.63) is 53.2 Å². The van der Waals surface area contributed by atoms with E-state index in [1.54, 1.807) is 13.3 Å². The van der Waals surface area contributed by atoms with Gasteiger partial charge >= 0.3 is 0 Å². The Morgan fingerprint density at radius 2 is 2.10 bits per heavy atom. The molecule has 5 heteroatoms. The highest BCUT2D eigenvalue weighted by Crippen LogP contribution is 2.15. The minimum atomic E-state index is 0.499. The molecule has 0 aliphatic rings. The summed E-state index contributed by atoms with van der Waals surface area (Å²) in [5.74, 6) is 0.593. The number of rotatable bonds is 7. The van der Waals surface area contributed by atoms with Crippen molar-refractivity contribution in [1.29, 1.82) is 0 Å². The maximum Gasteiger partial charge on any atom is 0.213 e. The summed E-state index contributed by atoms with van der Waals surface area (Å²) in [6, 6.07) is 11.5. The third kappa shape index (κ3) is 4.72. The predicted octanol–water partition coefficient (Wildman–Crippen LogP) is 3.37. The van der Waals surface area contributed by atoms with Crippen LogP contribution in [0.25, 0.3) is 0 Å². The quantitative estimate of drug-likeness (QED) is 0.795. The standard InChI is InChI=1S/C15H17ClN2O2/c1-19-7-8-20-15-6-5-14(11-18-15)17-10-12-3-2-4-13(16)9-12/h2-6,9,11,17H,7-8,10H2,1H3. The molecule has 2 aromatic rings. The van der Waals surface area contributed by atoms with Crippen molar-refractivity contribution in [3.8, 4) is 5.88 Å². The van der Waals surface area contributed by atoms with E-state index in [-0.39, 0.29) is 0 Å². The summed E-state index contributed by atoms with van der Waals surface area (Å²) >= 11 is 5.94. The largest absolute Gasteiger partial charge is 0.475 e. The summed E-state index contributed by atoms with van der Waals surface area (Å²) in [7, 11) is 1.64. The lowest BCUT2D eigenvalue weighted by Crippen LogP contribution is -2.05. The monoisotopic (exact) mass is 292 g/mol. The molecule has 0 radical (unpaired) electrons. The number of methoxy groups -OCH3 is 1. The molecule has 0 amide bonds. The van der Waals surface area contributed by atoms with Crippen LogP contribution in [0.1, 0.15) is 5.56 Å². The first-order valence-electron chi connectivity index (χ1n) is 6.34. The van der Waals surface area contributed by atoms with Crippen molar-refractivity contribution in [1.82, 2.24) is 4.98 Å². The first kappa shape index (κ1) is 14.6. The zero-order chi connectivity index (χ0) is 14.2. The van der Waals surface area contributed by atoms with E-state index >= 15 is 0 Å². The number of nitrogens with zero attached hydrogens (tertiary/aromatic N) is 1. The molecule has 106 valence electrons. The Hall–Kier alpha value is -1.78. The van der Waals surface area contributed by atoms with Gasteiger partial charge in [0.25, 0.3) is 0 Å². The number of hydrogen-bond donors (Lipinski definition) is 1. The Bertz CT molecular complexity index is 532. The lowest BCUT2D eigenvalue weighted by atomic mass is 10.2. The summed E-state index contributed by atoms with van der Waals surface area (Å²) in [6.07, 6.45) is 1.74. The van der Waals surface area contributed by atoms with Crippen LogP contribution < -0.4 is 10.1 Å². The van der Waals surface area contributed by atoms with Crippen LogP contribution >= 0.6 is 11.6 Å². The number of pyridine rings is 1. The van der Waals surface area contributed by atoms with Crippen LogP contribution in [0.15, 0.2) is 42.6 Å². The third-order valence-corrected chi connectivity index (χ3v) is 2.89. The van der Waals surface area contributed by atoms with E-state index in [1.807, 2.05) is 36.4 Å². The average Bonchev–Trinajstić information content (AvgIpc) is 2.47. The van der Waals surface area contributed by atoms with Gasteiger partial charge in [0, 0.05) is 24.7 Å². The first-order valence-corrected chi connectivity index (χ1v) is 6.72. The summed E-state index contributed by atoms with van der Waals surface area (Å²) in [4.78, 5) is 4.21. The Morgan fingerprint density at radius 3 is 2.80 bits per heavy atom. The number of halogens is 1. The lowest BCUT2D eigenvalue weighted by molar-refractivity contribution is 0.144. The summed E-state index contributed by atoms with van der Waals surface area (Å²) in [5, 5.41) is 4.02. The van der Waals surface area contributed by atoms with Crippen LogP contribution in [-0.2, 0) is 11.3 Å². The third-order valence-electron chi connectivity index (χ3n) is 2.66. The molecule has 2 rings (SSSR count). The van der Waals surface area contributed by atoms with Gasteiger partial charge in [-0.25, -0.2) is 4.98 Å². The smallest absolute Gasteiger partial charge is 0.213 e. The zero-order valence-electron chi connectivity index (χ0n) is 11.3. The first-order chi connectivity index (χ1) is 9.78. The maximum atomic E-state index is 5.94. The van der Waals surface area contributed by atoms with E-state index in [0.717, 1.165) is 16.3 Å². The number of ether oxygens (including phenoxy) is 2. The van der Waals surface area contributed by atoms with Crippen molar-refractivity contribution in [2.45, 2.75) is 6.54 Å². The number of hydrogen-bond acceptors (Lipinski definition) is 4. The molecule has 0 aliphatic carbocycles. The van der Waals surface area contributed by atoms with Gasteiger partial charge in [-0.15, -0.1) is 0 Å². The Kier molecular flexibility index (Phi) is 5.65. The fraction of sp³-hybridized carbons (Fsp3) is 0.267. The molecule has 0 saturated carbocycles. The normalized spacial score (nSPS) is 10.3. The van der Waals surface area contributed by atoms with Crippen LogP contribution in [0, 0.1) is 0 Å². The molecule has 0 spiro atoms. The van der Waals surface area contributed by atoms with E-state index in [4.69, 9.17) is 21.1 Å². The van der Waals surface area contributed by atoms with E-state index < -0.39 is 0 Å². The molecule has 0 fully saturated rings. The van der Waals surface area contributed by atoms with Crippen LogP contribution in [0.4, 0.5) is 5.69 Å². The number of nitrogens with one attached hydrogen (secondary N) is 1. The maximum absolute atomic E-state index is 5.94. The Balaban J connectivity index is 1.84. The second kappa shape index (κ2) is 7.72. The Labute approximate surface area is 123 Å². The molecule has 1 N–H and O–H groups in total. The van der Waals surface area contributed by atoms with Crippen molar-refractivity contribution in [3.63, 3.8) is 0 Å². The molecule has 0 atom stereocenters. The molecular formula is C15H17ClN2O2. The van der Waals surface area contributed by atoms with Gasteiger partial charge in [0.05, 0.1) is 18.5 Å². The fourth-order valence-electron chi connectivity index (χ4n) is 1.65. The summed E-state index contributed by atoms with van der Waals surface area (Å²) < 4.78 is 10.3. The Morgan fingerprint density at radius 1 is 1.20 bits per heavy atom. The van der Waals surface area contributed by atoms with E-state index in [1.165, 1.54) is 0 Å². The number of anilines is 1. The highest BCUT2D eigenvalue weighted by Gasteiger charge is 1.98. The molecule has 4 nitrogen and oxygen atoms in total. The number of benzene rings is 1. The molecule has 1 aromatic heterocycles. The van der Waals surface area contributed by atoms with Gasteiger partial charge in [-0.05, 0) is 23.8 Å². The van der Waals surface area contributed by atoms with Gasteiger partial charge in [-0.2, -0.15) is 0 Å². The van der Waals surface area contributed by atoms with Crippen LogP contribution in [0.2, 0.25) is 5.02 Å². The van der Waals surface area contributed by atoms with Crippen LogP contribution in [0.5, 0.6) is 5.88 Å². The van der Waals surface area contributed by atoms with Crippen LogP contribution in [0.3, 0.4) is 0 Å². The highest BCUT2D eigenvalue weighted by molar-refractivity contribution is 6.30. The molecule has 0 saturated heterocycles. The molecule has 20 heavy (non-hydrogen) atoms.